The van der Waals surface area contributed by atoms with E-state index in [2.05, 4.69) is 37.4 Å². The molecule has 8 heteroatoms. The summed E-state index contributed by atoms with van der Waals surface area (Å²) in [5.74, 6) is 1.30. The lowest BCUT2D eigenvalue weighted by Crippen LogP contribution is -2.47. The molecule has 0 radical (unpaired) electrons. The van der Waals surface area contributed by atoms with Crippen LogP contribution < -0.4 is 10.2 Å². The highest BCUT2D eigenvalue weighted by Gasteiger charge is 2.35. The lowest BCUT2D eigenvalue weighted by atomic mass is 9.99. The number of hydrogen-bond donors (Lipinski definition) is 2. The number of fused-ring (bicyclic) bond motifs is 2. The monoisotopic (exact) mass is 377 g/mol. The van der Waals surface area contributed by atoms with Gasteiger partial charge in [-0.1, -0.05) is 0 Å². The van der Waals surface area contributed by atoms with Crippen LogP contribution in [0.2, 0.25) is 0 Å². The molecule has 2 fully saturated rings. The van der Waals surface area contributed by atoms with Crippen LogP contribution in [0.5, 0.6) is 5.75 Å². The van der Waals surface area contributed by atoms with Crippen molar-refractivity contribution in [2.45, 2.75) is 43.8 Å². The van der Waals surface area contributed by atoms with Gasteiger partial charge in [-0.2, -0.15) is 0 Å². The van der Waals surface area contributed by atoms with Crippen LogP contribution in [-0.2, 0) is 0 Å². The summed E-state index contributed by atoms with van der Waals surface area (Å²) in [7, 11) is 2.07. The van der Waals surface area contributed by atoms with Crippen molar-refractivity contribution in [3.8, 4) is 22.8 Å². The van der Waals surface area contributed by atoms with Gasteiger partial charge in [-0.25, -0.2) is 9.97 Å². The van der Waals surface area contributed by atoms with Crippen molar-refractivity contribution in [1.29, 1.82) is 0 Å². The first kappa shape index (κ1) is 17.1. The van der Waals surface area contributed by atoms with E-state index in [1.807, 2.05) is 16.8 Å². The van der Waals surface area contributed by atoms with E-state index in [1.54, 1.807) is 30.9 Å². The molecule has 3 atom stereocenters. The summed E-state index contributed by atoms with van der Waals surface area (Å²) in [6.07, 6.45) is 11.8. The standard InChI is InChI=1S/C20H23N7O/c1-26(16-8-13-2-3-14(9-16)23-13)19-11-22-20(25-24-19)17-5-4-15(10-18(17)28)27-7-6-21-12-27/h4-7,10-14,16,23,28H,2-3,8-9H2,1H3/t13-,14+,16?. The summed E-state index contributed by atoms with van der Waals surface area (Å²) >= 11 is 0. The van der Waals surface area contributed by atoms with E-state index in [0.29, 0.717) is 29.5 Å². The third kappa shape index (κ3) is 3.09. The number of aromatic hydroxyl groups is 1. The van der Waals surface area contributed by atoms with Crippen molar-refractivity contribution in [1.82, 2.24) is 30.0 Å². The van der Waals surface area contributed by atoms with Crippen LogP contribution in [0.1, 0.15) is 25.7 Å². The van der Waals surface area contributed by atoms with Gasteiger partial charge in [0.25, 0.3) is 0 Å². The fourth-order valence-corrected chi connectivity index (χ4v) is 4.37. The zero-order valence-electron chi connectivity index (χ0n) is 15.7. The smallest absolute Gasteiger partial charge is 0.185 e. The number of anilines is 1. The number of piperidine rings is 1. The van der Waals surface area contributed by atoms with Gasteiger partial charge in [-0.05, 0) is 37.8 Å². The quantitative estimate of drug-likeness (QED) is 0.720. The van der Waals surface area contributed by atoms with Crippen molar-refractivity contribution >= 4 is 5.82 Å². The molecule has 1 aromatic carbocycles. The second kappa shape index (κ2) is 6.87. The number of phenols is 1. The summed E-state index contributed by atoms with van der Waals surface area (Å²) in [5, 5.41) is 22.8. The third-order valence-electron chi connectivity index (χ3n) is 5.93. The number of nitrogens with one attached hydrogen (secondary N) is 1. The van der Waals surface area contributed by atoms with Crippen molar-refractivity contribution in [2.24, 2.45) is 0 Å². The molecule has 2 bridgehead atoms. The molecule has 2 aromatic heterocycles. The van der Waals surface area contributed by atoms with Crippen molar-refractivity contribution in [3.63, 3.8) is 0 Å². The largest absolute Gasteiger partial charge is 0.507 e. The van der Waals surface area contributed by atoms with Crippen LogP contribution in [0.15, 0.2) is 43.1 Å². The van der Waals surface area contributed by atoms with Crippen LogP contribution >= 0.6 is 0 Å². The predicted molar refractivity (Wildman–Crippen MR) is 105 cm³/mol. The van der Waals surface area contributed by atoms with Gasteiger partial charge in [0.15, 0.2) is 11.6 Å². The van der Waals surface area contributed by atoms with Gasteiger partial charge in [0.1, 0.15) is 5.75 Å². The highest BCUT2D eigenvalue weighted by molar-refractivity contribution is 5.66. The Morgan fingerprint density at radius 1 is 1.18 bits per heavy atom. The second-order valence-corrected chi connectivity index (χ2v) is 7.69. The first-order valence-electron chi connectivity index (χ1n) is 9.67. The second-order valence-electron chi connectivity index (χ2n) is 7.69. The number of rotatable bonds is 4. The fourth-order valence-electron chi connectivity index (χ4n) is 4.37. The van der Waals surface area contributed by atoms with Crippen LogP contribution in [-0.4, -0.2) is 55.0 Å². The number of phenolic OH excluding ortho intramolecular Hbond substituents is 1. The minimum atomic E-state index is 0.115. The highest BCUT2D eigenvalue weighted by atomic mass is 16.3. The van der Waals surface area contributed by atoms with Crippen LogP contribution in [0.4, 0.5) is 5.82 Å². The highest BCUT2D eigenvalue weighted by Crippen LogP contribution is 2.32. The number of imidazole rings is 1. The first-order chi connectivity index (χ1) is 13.7. The molecule has 144 valence electrons. The molecule has 2 aliphatic rings. The Balaban J connectivity index is 1.35. The van der Waals surface area contributed by atoms with Crippen molar-refractivity contribution < 1.29 is 5.11 Å². The Kier molecular flexibility index (Phi) is 4.20. The maximum atomic E-state index is 10.4. The number of nitrogens with zero attached hydrogens (tertiary/aromatic N) is 6. The van der Waals surface area contributed by atoms with Gasteiger partial charge in [0.2, 0.25) is 0 Å². The van der Waals surface area contributed by atoms with E-state index in [4.69, 9.17) is 0 Å². The first-order valence-corrected chi connectivity index (χ1v) is 9.67. The van der Waals surface area contributed by atoms with E-state index in [0.717, 1.165) is 24.3 Å². The van der Waals surface area contributed by atoms with Crippen molar-refractivity contribution in [3.05, 3.63) is 43.1 Å². The number of benzene rings is 1. The van der Waals surface area contributed by atoms with Gasteiger partial charge in [-0.3, -0.25) is 0 Å². The summed E-state index contributed by atoms with van der Waals surface area (Å²) in [6, 6.07) is 7.07. The average Bonchev–Trinajstić information content (AvgIpc) is 3.37. The number of aromatic nitrogens is 5. The molecule has 2 N–H and O–H groups in total. The molecule has 2 saturated heterocycles. The van der Waals surface area contributed by atoms with Crippen LogP contribution in [0, 0.1) is 0 Å². The topological polar surface area (TPSA) is 92.0 Å². The summed E-state index contributed by atoms with van der Waals surface area (Å²) in [6.45, 7) is 0. The molecule has 5 rings (SSSR count). The predicted octanol–water partition coefficient (Wildman–Crippen LogP) is 2.15. The van der Waals surface area contributed by atoms with Gasteiger partial charge in [0, 0.05) is 43.6 Å². The fraction of sp³-hybridized carbons (Fsp3) is 0.400. The zero-order valence-corrected chi connectivity index (χ0v) is 15.7. The van der Waals surface area contributed by atoms with Gasteiger partial charge < -0.3 is 19.9 Å². The maximum absolute atomic E-state index is 10.4. The van der Waals surface area contributed by atoms with Crippen molar-refractivity contribution in [2.75, 3.05) is 11.9 Å². The SMILES string of the molecule is CN(c1cnc(-c2ccc(-n3ccnc3)cc2O)nn1)C1C[C@H]2CC[C@@H](C1)N2. The van der Waals surface area contributed by atoms with Gasteiger partial charge in [-0.15, -0.1) is 10.2 Å². The normalized spacial score (nSPS) is 23.7. The summed E-state index contributed by atoms with van der Waals surface area (Å²) in [5.41, 5.74) is 1.38. The van der Waals surface area contributed by atoms with E-state index >= 15 is 0 Å². The summed E-state index contributed by atoms with van der Waals surface area (Å²) < 4.78 is 1.83. The molecule has 0 aliphatic carbocycles. The molecule has 3 aromatic rings. The Morgan fingerprint density at radius 3 is 2.64 bits per heavy atom. The maximum Gasteiger partial charge on any atom is 0.185 e. The Morgan fingerprint density at radius 2 is 2.00 bits per heavy atom. The van der Waals surface area contributed by atoms with E-state index < -0.39 is 0 Å². The number of hydrogen-bond acceptors (Lipinski definition) is 7. The minimum Gasteiger partial charge on any atom is -0.507 e. The molecule has 2 aliphatic heterocycles. The van der Waals surface area contributed by atoms with E-state index in [9.17, 15) is 5.11 Å². The molecule has 8 nitrogen and oxygen atoms in total. The van der Waals surface area contributed by atoms with Crippen LogP contribution in [0.3, 0.4) is 0 Å². The Labute approximate surface area is 163 Å². The summed E-state index contributed by atoms with van der Waals surface area (Å²) in [4.78, 5) is 10.7. The zero-order chi connectivity index (χ0) is 19.1. The molecule has 4 heterocycles. The van der Waals surface area contributed by atoms with E-state index in [1.165, 1.54) is 12.8 Å². The van der Waals surface area contributed by atoms with Crippen LogP contribution in [0.25, 0.3) is 17.1 Å². The molecule has 28 heavy (non-hydrogen) atoms. The molecule has 0 amide bonds. The molecule has 1 unspecified atom stereocenters. The van der Waals surface area contributed by atoms with Gasteiger partial charge in [0.05, 0.1) is 23.8 Å². The van der Waals surface area contributed by atoms with Gasteiger partial charge >= 0.3 is 0 Å². The molecular weight excluding hydrogens is 354 g/mol. The third-order valence-corrected chi connectivity index (χ3v) is 5.93. The lowest BCUT2D eigenvalue weighted by Gasteiger charge is -2.35. The molecule has 0 saturated carbocycles. The molecule has 0 spiro atoms. The average molecular weight is 377 g/mol. The van der Waals surface area contributed by atoms with E-state index in [-0.39, 0.29) is 5.75 Å². The molecular formula is C20H23N7O. The Hall–Kier alpha value is -3.00. The Bertz CT molecular complexity index is 945. The lowest BCUT2D eigenvalue weighted by molar-refractivity contribution is 0.353. The minimum absolute atomic E-state index is 0.115.